The molecule has 0 bridgehead atoms. The van der Waals surface area contributed by atoms with Crippen LogP contribution in [-0.2, 0) is 23.9 Å². The second kappa shape index (κ2) is 17.0. The second-order valence-electron chi connectivity index (χ2n) is 16.3. The summed E-state index contributed by atoms with van der Waals surface area (Å²) < 4.78 is 12.0. The Bertz CT molecular complexity index is 1630. The number of esters is 2. The molecule has 1 N–H and O–H groups in total. The Morgan fingerprint density at radius 3 is 2.65 bits per heavy atom. The monoisotopic (exact) mass is 733 g/mol. The van der Waals surface area contributed by atoms with E-state index in [1.165, 1.54) is 5.57 Å². The summed E-state index contributed by atoms with van der Waals surface area (Å²) >= 11 is 6.15. The first-order valence-corrected chi connectivity index (χ1v) is 20.6. The summed E-state index contributed by atoms with van der Waals surface area (Å²) in [6, 6.07) is 8.08. The first-order chi connectivity index (χ1) is 25.1. The number of carbonyl (C=O) groups is 3. The molecular weight excluding hydrogens is 674 g/mol. The number of likely N-dealkylation sites (N-methyl/N-ethyl adjacent to an activating group) is 1. The molecule has 0 aliphatic heterocycles. The highest BCUT2D eigenvalue weighted by Crippen LogP contribution is 2.67. The van der Waals surface area contributed by atoms with Crippen LogP contribution in [-0.4, -0.2) is 65.5 Å². The Morgan fingerprint density at radius 2 is 1.85 bits per heavy atom. The number of halogens is 1. The molecule has 0 radical (unpaired) electrons. The van der Waals surface area contributed by atoms with Crippen LogP contribution < -0.4 is 5.32 Å². The maximum atomic E-state index is 13.3. The van der Waals surface area contributed by atoms with Gasteiger partial charge in [-0.05, 0) is 152 Å². The van der Waals surface area contributed by atoms with Gasteiger partial charge in [0.05, 0.1) is 5.52 Å². The van der Waals surface area contributed by atoms with Gasteiger partial charge >= 0.3 is 11.9 Å². The lowest BCUT2D eigenvalue weighted by Crippen LogP contribution is -2.54. The fourth-order valence-electron chi connectivity index (χ4n) is 10.9. The number of aromatic nitrogens is 1. The van der Waals surface area contributed by atoms with Gasteiger partial charge in [0.25, 0.3) is 0 Å². The third kappa shape index (κ3) is 8.38. The average molecular weight is 734 g/mol. The van der Waals surface area contributed by atoms with Crippen LogP contribution >= 0.6 is 11.6 Å². The number of carbonyl (C=O) groups excluding carboxylic acids is 3. The minimum absolute atomic E-state index is 0.0118. The Morgan fingerprint density at radius 1 is 1.02 bits per heavy atom. The lowest BCUT2D eigenvalue weighted by molar-refractivity contribution is -0.182. The Labute approximate surface area is 315 Å². The van der Waals surface area contributed by atoms with Gasteiger partial charge in [-0.25, -0.2) is 0 Å². The minimum Gasteiger partial charge on any atom is -0.464 e. The maximum Gasteiger partial charge on any atom is 0.306 e. The number of hydrogen-bond acceptors (Lipinski definition) is 8. The van der Waals surface area contributed by atoms with E-state index < -0.39 is 5.60 Å². The molecule has 4 aliphatic carbocycles. The van der Waals surface area contributed by atoms with Gasteiger partial charge < -0.3 is 19.7 Å². The zero-order chi connectivity index (χ0) is 36.9. The average Bonchev–Trinajstić information content (AvgIpc) is 3.42. The normalized spacial score (nSPS) is 28.8. The molecule has 7 unspecified atom stereocenters. The van der Waals surface area contributed by atoms with E-state index >= 15 is 0 Å². The summed E-state index contributed by atoms with van der Waals surface area (Å²) in [7, 11) is 0. The van der Waals surface area contributed by atoms with Crippen molar-refractivity contribution in [3.63, 3.8) is 0 Å². The lowest BCUT2D eigenvalue weighted by atomic mass is 9.49. The molecule has 9 heteroatoms. The number of anilines is 1. The van der Waals surface area contributed by atoms with Crippen LogP contribution in [0, 0.1) is 29.1 Å². The van der Waals surface area contributed by atoms with E-state index in [9.17, 15) is 14.4 Å². The van der Waals surface area contributed by atoms with Gasteiger partial charge in [0.15, 0.2) is 5.78 Å². The molecule has 0 amide bonds. The van der Waals surface area contributed by atoms with Crippen molar-refractivity contribution in [3.8, 4) is 0 Å². The number of rotatable bonds is 16. The quantitative estimate of drug-likeness (QED) is 0.171. The van der Waals surface area contributed by atoms with Gasteiger partial charge in [-0.2, -0.15) is 0 Å². The van der Waals surface area contributed by atoms with Gasteiger partial charge in [0.2, 0.25) is 0 Å². The topological polar surface area (TPSA) is 97.8 Å². The molecule has 3 fully saturated rings. The van der Waals surface area contributed by atoms with E-state index in [4.69, 9.17) is 21.1 Å². The molecule has 3 saturated carbocycles. The summed E-state index contributed by atoms with van der Waals surface area (Å²) in [6.07, 6.45) is 15.9. The third-order valence-electron chi connectivity index (χ3n) is 13.6. The molecule has 1 heterocycles. The van der Waals surface area contributed by atoms with Crippen molar-refractivity contribution < 1.29 is 23.9 Å². The fraction of sp³-hybridized carbons (Fsp3) is 0.674. The summed E-state index contributed by atoms with van der Waals surface area (Å²) in [4.78, 5) is 44.7. The number of nitrogens with zero attached hydrogens (tertiary/aromatic N) is 2. The van der Waals surface area contributed by atoms with Crippen molar-refractivity contribution >= 4 is 45.9 Å². The predicted molar refractivity (Wildman–Crippen MR) is 207 cm³/mol. The van der Waals surface area contributed by atoms with E-state index in [2.05, 4.69) is 42.9 Å². The summed E-state index contributed by atoms with van der Waals surface area (Å²) in [5, 5.41) is 5.37. The molecular formula is C43H60ClN3O5. The Balaban J connectivity index is 0.884. The number of pyridine rings is 1. The number of ether oxygens (including phenoxy) is 2. The first-order valence-electron chi connectivity index (χ1n) is 20.2. The smallest absolute Gasteiger partial charge is 0.306 e. The van der Waals surface area contributed by atoms with Crippen LogP contribution in [0.5, 0.6) is 0 Å². The molecule has 1 aromatic carbocycles. The fourth-order valence-corrected chi connectivity index (χ4v) is 11.0. The number of nitrogens with one attached hydrogen (secondary N) is 1. The van der Waals surface area contributed by atoms with Crippen LogP contribution in [0.1, 0.15) is 118 Å². The number of allylic oxidation sites excluding steroid dienone is 1. The molecule has 52 heavy (non-hydrogen) atoms. The highest BCUT2D eigenvalue weighted by atomic mass is 35.5. The van der Waals surface area contributed by atoms with Crippen molar-refractivity contribution in [1.82, 2.24) is 9.88 Å². The van der Waals surface area contributed by atoms with E-state index in [-0.39, 0.29) is 36.2 Å². The third-order valence-corrected chi connectivity index (χ3v) is 13.8. The van der Waals surface area contributed by atoms with Crippen LogP contribution in [0.2, 0.25) is 5.02 Å². The molecule has 284 valence electrons. The van der Waals surface area contributed by atoms with Crippen molar-refractivity contribution in [2.75, 3.05) is 31.6 Å². The number of ketones is 1. The summed E-state index contributed by atoms with van der Waals surface area (Å²) in [6.45, 7) is 11.7. The molecule has 1 aromatic heterocycles. The predicted octanol–water partition coefficient (Wildman–Crippen LogP) is 9.34. The lowest BCUT2D eigenvalue weighted by Gasteiger charge is -2.57. The van der Waals surface area contributed by atoms with Crippen LogP contribution in [0.15, 0.2) is 42.1 Å². The van der Waals surface area contributed by atoms with E-state index in [1.807, 2.05) is 36.5 Å². The highest BCUT2D eigenvalue weighted by molar-refractivity contribution is 6.31. The van der Waals surface area contributed by atoms with Gasteiger partial charge in [-0.15, -0.1) is 0 Å². The number of benzene rings is 1. The van der Waals surface area contributed by atoms with Gasteiger partial charge in [0, 0.05) is 59.6 Å². The zero-order valence-electron chi connectivity index (χ0n) is 31.9. The summed E-state index contributed by atoms with van der Waals surface area (Å²) in [5.41, 5.74) is 2.90. The van der Waals surface area contributed by atoms with Gasteiger partial charge in [-0.3, -0.25) is 19.4 Å². The molecule has 0 saturated heterocycles. The van der Waals surface area contributed by atoms with Crippen molar-refractivity contribution in [2.24, 2.45) is 29.1 Å². The second-order valence-corrected chi connectivity index (χ2v) is 16.7. The molecule has 2 aromatic rings. The van der Waals surface area contributed by atoms with Crippen LogP contribution in [0.3, 0.4) is 0 Å². The minimum atomic E-state index is -0.465. The standard InChI is InChI=1S/C43H60ClN3O5/c1-5-43-22-18-34-33-17-14-32(48)27-30(33)12-15-35(34)37(43)19-21-42(43,4)52-41(50)11-7-10-40(49)51-26-25-47(6-2)24-8-9-29(3)46-38-20-23-45-39-28-31(44)13-16-36(38)39/h13,16,20,23,27-29,33-35,37H,5-12,14-15,17-19,21-22,24-26H2,1-4H3,(H,45,46). The van der Waals surface area contributed by atoms with Crippen molar-refractivity contribution in [3.05, 3.63) is 47.1 Å². The Kier molecular flexibility index (Phi) is 12.7. The van der Waals surface area contributed by atoms with Crippen molar-refractivity contribution in [2.45, 2.75) is 129 Å². The SMILES string of the molecule is CCN(CCCC(C)Nc1ccnc2cc(Cl)ccc12)CCOC(=O)CCCC(=O)OC1(C)CCC2C3CCC4=CC(=O)CCC4C3CCC21CC. The van der Waals surface area contributed by atoms with E-state index in [1.54, 1.807) is 0 Å². The first kappa shape index (κ1) is 38.7. The highest BCUT2D eigenvalue weighted by Gasteiger charge is 2.64. The molecule has 4 aliphatic rings. The van der Waals surface area contributed by atoms with Gasteiger partial charge in [0.1, 0.15) is 12.2 Å². The van der Waals surface area contributed by atoms with E-state index in [0.29, 0.717) is 60.5 Å². The molecule has 7 atom stereocenters. The Hall–Kier alpha value is -2.97. The molecule has 6 rings (SSSR count). The maximum absolute atomic E-state index is 13.3. The van der Waals surface area contributed by atoms with Crippen LogP contribution in [0.25, 0.3) is 10.9 Å². The number of hydrogen-bond donors (Lipinski definition) is 1. The molecule has 0 spiro atoms. The molecule has 8 nitrogen and oxygen atoms in total. The van der Waals surface area contributed by atoms with Crippen molar-refractivity contribution in [1.29, 1.82) is 0 Å². The number of fused-ring (bicyclic) bond motifs is 6. The van der Waals surface area contributed by atoms with Crippen LogP contribution in [0.4, 0.5) is 5.69 Å². The summed E-state index contributed by atoms with van der Waals surface area (Å²) in [5.74, 6) is 2.33. The largest absolute Gasteiger partial charge is 0.464 e. The zero-order valence-corrected chi connectivity index (χ0v) is 32.6. The van der Waals surface area contributed by atoms with Gasteiger partial charge in [-0.1, -0.05) is 31.0 Å². The van der Waals surface area contributed by atoms with E-state index in [0.717, 1.165) is 93.9 Å².